The number of hydrogen-bond donors (Lipinski definition) is 1. The molecule has 1 N–H and O–H groups in total. The SMILES string of the molecule is Cc1noc([C@@H](C)NS(=O)(=O)c2cc(-n3cccn3)ccc2C)n1. The molecule has 0 amide bonds. The van der Waals surface area contributed by atoms with Crippen LogP contribution in [0.25, 0.3) is 5.69 Å². The van der Waals surface area contributed by atoms with Crippen molar-refractivity contribution in [2.45, 2.75) is 31.7 Å². The van der Waals surface area contributed by atoms with Gasteiger partial charge in [-0.25, -0.2) is 13.1 Å². The van der Waals surface area contributed by atoms with Crippen LogP contribution in [-0.2, 0) is 10.0 Å². The molecule has 0 saturated carbocycles. The van der Waals surface area contributed by atoms with E-state index in [1.54, 1.807) is 56.0 Å². The van der Waals surface area contributed by atoms with Crippen LogP contribution in [0.2, 0.25) is 0 Å². The van der Waals surface area contributed by atoms with Crippen molar-refractivity contribution in [2.75, 3.05) is 0 Å². The standard InChI is InChI=1S/C15H17N5O3S/c1-10-5-6-13(20-8-4-7-16-20)9-14(10)24(21,22)19-11(2)15-17-12(3)18-23-15/h4-9,11,19H,1-3H3/t11-/m1/s1. The maximum atomic E-state index is 12.7. The molecule has 3 rings (SSSR count). The molecule has 24 heavy (non-hydrogen) atoms. The summed E-state index contributed by atoms with van der Waals surface area (Å²) in [5.74, 6) is 0.671. The van der Waals surface area contributed by atoms with Crippen LogP contribution in [0.1, 0.15) is 30.2 Å². The van der Waals surface area contributed by atoms with Gasteiger partial charge in [0.2, 0.25) is 15.9 Å². The van der Waals surface area contributed by atoms with Crippen LogP contribution in [0.4, 0.5) is 0 Å². The number of benzene rings is 1. The third-order valence-electron chi connectivity index (χ3n) is 3.48. The molecule has 0 aliphatic heterocycles. The van der Waals surface area contributed by atoms with Crippen LogP contribution in [0.5, 0.6) is 0 Å². The maximum absolute atomic E-state index is 12.7. The van der Waals surface area contributed by atoms with E-state index in [9.17, 15) is 8.42 Å². The summed E-state index contributed by atoms with van der Waals surface area (Å²) < 4.78 is 34.7. The summed E-state index contributed by atoms with van der Waals surface area (Å²) >= 11 is 0. The molecule has 0 radical (unpaired) electrons. The van der Waals surface area contributed by atoms with Gasteiger partial charge in [-0.3, -0.25) is 0 Å². The molecule has 0 fully saturated rings. The normalized spacial score (nSPS) is 13.1. The Bertz CT molecular complexity index is 947. The van der Waals surface area contributed by atoms with E-state index in [1.165, 1.54) is 0 Å². The Morgan fingerprint density at radius 1 is 1.29 bits per heavy atom. The topological polar surface area (TPSA) is 103 Å². The van der Waals surface area contributed by atoms with Crippen LogP contribution in [0, 0.1) is 13.8 Å². The number of aromatic nitrogens is 4. The quantitative estimate of drug-likeness (QED) is 0.756. The second-order valence-electron chi connectivity index (χ2n) is 5.42. The van der Waals surface area contributed by atoms with Gasteiger partial charge in [-0.1, -0.05) is 11.2 Å². The molecule has 0 spiro atoms. The second kappa shape index (κ2) is 6.17. The lowest BCUT2D eigenvalue weighted by Gasteiger charge is -2.13. The molecule has 126 valence electrons. The summed E-state index contributed by atoms with van der Waals surface area (Å²) in [6.07, 6.45) is 3.38. The predicted molar refractivity (Wildman–Crippen MR) is 86.1 cm³/mol. The Balaban J connectivity index is 1.93. The van der Waals surface area contributed by atoms with Crippen LogP contribution in [0.15, 0.2) is 46.1 Å². The Hall–Kier alpha value is -2.52. The number of hydrogen-bond acceptors (Lipinski definition) is 6. The highest BCUT2D eigenvalue weighted by Gasteiger charge is 2.24. The van der Waals surface area contributed by atoms with E-state index in [2.05, 4.69) is 20.0 Å². The van der Waals surface area contributed by atoms with E-state index in [1.807, 2.05) is 6.07 Å². The Kier molecular flexibility index (Phi) is 4.20. The van der Waals surface area contributed by atoms with Gasteiger partial charge in [0.25, 0.3) is 0 Å². The number of sulfonamides is 1. The molecule has 1 aromatic carbocycles. The maximum Gasteiger partial charge on any atom is 0.244 e. The first kappa shape index (κ1) is 16.3. The van der Waals surface area contributed by atoms with Crippen molar-refractivity contribution in [1.29, 1.82) is 0 Å². The molecule has 3 aromatic rings. The summed E-state index contributed by atoms with van der Waals surface area (Å²) in [5, 5.41) is 7.79. The van der Waals surface area contributed by atoms with E-state index in [-0.39, 0.29) is 10.8 Å². The monoisotopic (exact) mass is 347 g/mol. The zero-order chi connectivity index (χ0) is 17.3. The third kappa shape index (κ3) is 3.22. The summed E-state index contributed by atoms with van der Waals surface area (Å²) in [7, 11) is -3.76. The molecule has 2 aromatic heterocycles. The van der Waals surface area contributed by atoms with Gasteiger partial charge in [0.15, 0.2) is 5.82 Å². The fourth-order valence-electron chi connectivity index (χ4n) is 2.28. The van der Waals surface area contributed by atoms with E-state index < -0.39 is 16.1 Å². The van der Waals surface area contributed by atoms with E-state index in [0.717, 1.165) is 0 Å². The highest BCUT2D eigenvalue weighted by atomic mass is 32.2. The lowest BCUT2D eigenvalue weighted by molar-refractivity contribution is 0.351. The van der Waals surface area contributed by atoms with Gasteiger partial charge in [-0.15, -0.1) is 0 Å². The molecular weight excluding hydrogens is 330 g/mol. The number of aryl methyl sites for hydroxylation is 2. The zero-order valence-electron chi connectivity index (χ0n) is 13.5. The first-order valence-electron chi connectivity index (χ1n) is 7.30. The molecule has 9 heteroatoms. The highest BCUT2D eigenvalue weighted by Crippen LogP contribution is 2.21. The highest BCUT2D eigenvalue weighted by molar-refractivity contribution is 7.89. The summed E-state index contributed by atoms with van der Waals surface area (Å²) in [6, 6.07) is 6.27. The molecular formula is C15H17N5O3S. The van der Waals surface area contributed by atoms with Gasteiger partial charge in [0.05, 0.1) is 16.6 Å². The number of rotatable bonds is 5. The lowest BCUT2D eigenvalue weighted by Crippen LogP contribution is -2.27. The van der Waals surface area contributed by atoms with Gasteiger partial charge < -0.3 is 4.52 Å². The summed E-state index contributed by atoms with van der Waals surface area (Å²) in [6.45, 7) is 5.06. The lowest BCUT2D eigenvalue weighted by atomic mass is 10.2. The first-order chi connectivity index (χ1) is 11.4. The van der Waals surface area contributed by atoms with Crippen molar-refractivity contribution < 1.29 is 12.9 Å². The van der Waals surface area contributed by atoms with E-state index in [0.29, 0.717) is 17.1 Å². The first-order valence-corrected chi connectivity index (χ1v) is 8.78. The van der Waals surface area contributed by atoms with Crippen LogP contribution >= 0.6 is 0 Å². The molecule has 0 aliphatic carbocycles. The van der Waals surface area contributed by atoms with Gasteiger partial charge in [0, 0.05) is 12.4 Å². The van der Waals surface area contributed by atoms with Gasteiger partial charge in [-0.05, 0) is 44.5 Å². The van der Waals surface area contributed by atoms with E-state index in [4.69, 9.17) is 4.52 Å². The van der Waals surface area contributed by atoms with Crippen molar-refractivity contribution in [2.24, 2.45) is 0 Å². The summed E-state index contributed by atoms with van der Waals surface area (Å²) in [4.78, 5) is 4.23. The van der Waals surface area contributed by atoms with Gasteiger partial charge in [-0.2, -0.15) is 14.8 Å². The van der Waals surface area contributed by atoms with Crippen molar-refractivity contribution in [1.82, 2.24) is 24.6 Å². The largest absolute Gasteiger partial charge is 0.338 e. The Morgan fingerprint density at radius 2 is 2.08 bits per heavy atom. The minimum absolute atomic E-state index is 0.179. The molecule has 1 atom stereocenters. The zero-order valence-corrected chi connectivity index (χ0v) is 14.3. The molecule has 0 unspecified atom stereocenters. The molecule has 2 heterocycles. The van der Waals surface area contributed by atoms with Crippen molar-refractivity contribution in [3.05, 3.63) is 53.9 Å². The average molecular weight is 347 g/mol. The van der Waals surface area contributed by atoms with Gasteiger partial charge >= 0.3 is 0 Å². The fourth-order valence-corrected chi connectivity index (χ4v) is 3.74. The van der Waals surface area contributed by atoms with Gasteiger partial charge in [0.1, 0.15) is 0 Å². The molecule has 0 saturated heterocycles. The smallest absolute Gasteiger partial charge is 0.244 e. The predicted octanol–water partition coefficient (Wildman–Crippen LogP) is 1.91. The third-order valence-corrected chi connectivity index (χ3v) is 5.16. The van der Waals surface area contributed by atoms with Crippen LogP contribution in [0.3, 0.4) is 0 Å². The Labute approximate surface area is 139 Å². The Morgan fingerprint density at radius 3 is 2.71 bits per heavy atom. The average Bonchev–Trinajstić information content (AvgIpc) is 3.18. The fraction of sp³-hybridized carbons (Fsp3) is 0.267. The van der Waals surface area contributed by atoms with Crippen molar-refractivity contribution >= 4 is 10.0 Å². The van der Waals surface area contributed by atoms with Crippen LogP contribution in [-0.4, -0.2) is 28.3 Å². The summed E-state index contributed by atoms with van der Waals surface area (Å²) in [5.41, 5.74) is 1.29. The van der Waals surface area contributed by atoms with E-state index >= 15 is 0 Å². The van der Waals surface area contributed by atoms with Crippen LogP contribution < -0.4 is 4.72 Å². The molecule has 0 aliphatic rings. The minimum Gasteiger partial charge on any atom is -0.338 e. The number of nitrogens with zero attached hydrogens (tertiary/aromatic N) is 4. The number of nitrogens with one attached hydrogen (secondary N) is 1. The van der Waals surface area contributed by atoms with Crippen molar-refractivity contribution in [3.8, 4) is 5.69 Å². The minimum atomic E-state index is -3.76. The second-order valence-corrected chi connectivity index (χ2v) is 7.11. The van der Waals surface area contributed by atoms with Crippen molar-refractivity contribution in [3.63, 3.8) is 0 Å². The molecule has 8 nitrogen and oxygen atoms in total. The molecule has 0 bridgehead atoms.